The highest BCUT2D eigenvalue weighted by atomic mass is 16.5. The van der Waals surface area contributed by atoms with Crippen LogP contribution in [0.15, 0.2) is 48.5 Å². The third-order valence-corrected chi connectivity index (χ3v) is 5.73. The van der Waals surface area contributed by atoms with Gasteiger partial charge < -0.3 is 34.6 Å². The third-order valence-electron chi connectivity index (χ3n) is 5.73. The Balaban J connectivity index is 1.36. The molecule has 2 aromatic rings. The van der Waals surface area contributed by atoms with E-state index in [9.17, 15) is 20.4 Å². The lowest BCUT2D eigenvalue weighted by Gasteiger charge is -2.40. The molecule has 5 atom stereocenters. The van der Waals surface area contributed by atoms with Gasteiger partial charge in [-0.1, -0.05) is 36.4 Å². The summed E-state index contributed by atoms with van der Waals surface area (Å²) in [7, 11) is 0. The number of ether oxygens (including phenoxy) is 3. The highest BCUT2D eigenvalue weighted by molar-refractivity contribution is 5.34. The lowest BCUT2D eigenvalue weighted by Crippen LogP contribution is -2.55. The highest BCUT2D eigenvalue weighted by Crippen LogP contribution is 2.33. The Labute approximate surface area is 181 Å². The molecule has 1 aliphatic heterocycles. The molecule has 0 aromatic heterocycles. The van der Waals surface area contributed by atoms with Gasteiger partial charge in [0.05, 0.1) is 19.3 Å². The van der Waals surface area contributed by atoms with Crippen molar-refractivity contribution in [3.63, 3.8) is 0 Å². The van der Waals surface area contributed by atoms with Gasteiger partial charge in [-0.25, -0.2) is 0 Å². The normalized spacial score (nSPS) is 28.5. The summed E-state index contributed by atoms with van der Waals surface area (Å²) in [5.41, 5.74) is 2.80. The topological polar surface area (TPSA) is 109 Å². The number of hydrogen-bond acceptors (Lipinski definition) is 7. The van der Waals surface area contributed by atoms with Crippen LogP contribution < -0.4 is 4.74 Å². The van der Waals surface area contributed by atoms with Crippen molar-refractivity contribution < 1.29 is 34.6 Å². The summed E-state index contributed by atoms with van der Waals surface area (Å²) in [5, 5.41) is 39.8. The van der Waals surface area contributed by atoms with Gasteiger partial charge in [0.15, 0.2) is 0 Å². The molecular formula is C24H30O7. The number of hydrogen-bond donors (Lipinski definition) is 4. The Morgan fingerprint density at radius 1 is 0.871 bits per heavy atom. The minimum absolute atomic E-state index is 0.435. The van der Waals surface area contributed by atoms with Crippen LogP contribution in [0.3, 0.4) is 0 Å². The Kier molecular flexibility index (Phi) is 7.22. The van der Waals surface area contributed by atoms with Crippen LogP contribution in [0.2, 0.25) is 0 Å². The van der Waals surface area contributed by atoms with E-state index in [4.69, 9.17) is 14.2 Å². The molecular weight excluding hydrogens is 400 g/mol. The maximum Gasteiger partial charge on any atom is 0.119 e. The second-order valence-corrected chi connectivity index (χ2v) is 8.23. The second-order valence-electron chi connectivity index (χ2n) is 8.23. The lowest BCUT2D eigenvalue weighted by molar-refractivity contribution is -0.231. The van der Waals surface area contributed by atoms with E-state index in [0.717, 1.165) is 29.7 Å². The molecule has 2 aliphatic rings. The summed E-state index contributed by atoms with van der Waals surface area (Å²) in [6.07, 6.45) is -2.35. The van der Waals surface area contributed by atoms with Crippen molar-refractivity contribution in [2.45, 2.75) is 55.9 Å². The van der Waals surface area contributed by atoms with Crippen LogP contribution in [-0.2, 0) is 15.9 Å². The summed E-state index contributed by atoms with van der Waals surface area (Å²) in [5.74, 6) is 0.804. The first-order chi connectivity index (χ1) is 15.0. The fraction of sp³-hybridized carbons (Fsp3) is 0.500. The predicted molar refractivity (Wildman–Crippen MR) is 113 cm³/mol. The van der Waals surface area contributed by atoms with Gasteiger partial charge in [0.1, 0.15) is 42.9 Å². The van der Waals surface area contributed by atoms with E-state index in [0.29, 0.717) is 31.3 Å². The van der Waals surface area contributed by atoms with Crippen LogP contribution in [0.5, 0.6) is 5.75 Å². The van der Waals surface area contributed by atoms with Crippen molar-refractivity contribution in [2.75, 3.05) is 19.8 Å². The van der Waals surface area contributed by atoms with Gasteiger partial charge in [0, 0.05) is 0 Å². The van der Waals surface area contributed by atoms with Gasteiger partial charge >= 0.3 is 0 Å². The zero-order chi connectivity index (χ0) is 21.8. The van der Waals surface area contributed by atoms with E-state index in [-0.39, 0.29) is 0 Å². The molecule has 2 fully saturated rings. The average Bonchev–Trinajstić information content (AvgIpc) is 3.61. The Morgan fingerprint density at radius 3 is 2.35 bits per heavy atom. The van der Waals surface area contributed by atoms with Crippen molar-refractivity contribution in [3.05, 3.63) is 65.2 Å². The zero-order valence-corrected chi connectivity index (χ0v) is 17.3. The van der Waals surface area contributed by atoms with Gasteiger partial charge in [0.25, 0.3) is 0 Å². The minimum Gasteiger partial charge on any atom is -0.491 e. The van der Waals surface area contributed by atoms with E-state index in [1.54, 1.807) is 6.07 Å². The van der Waals surface area contributed by atoms with Gasteiger partial charge in [0.2, 0.25) is 0 Å². The zero-order valence-electron chi connectivity index (χ0n) is 17.3. The van der Waals surface area contributed by atoms with Crippen LogP contribution >= 0.6 is 0 Å². The van der Waals surface area contributed by atoms with Crippen LogP contribution in [0.4, 0.5) is 0 Å². The summed E-state index contributed by atoms with van der Waals surface area (Å²) in [4.78, 5) is 0. The molecule has 0 spiro atoms. The molecule has 7 heteroatoms. The number of benzene rings is 2. The van der Waals surface area contributed by atoms with E-state index in [1.165, 1.54) is 0 Å². The van der Waals surface area contributed by atoms with Gasteiger partial charge in [-0.05, 0) is 48.1 Å². The third kappa shape index (κ3) is 5.63. The Hall–Kier alpha value is -2.00. The highest BCUT2D eigenvalue weighted by Gasteiger charge is 2.43. The number of aliphatic hydroxyl groups is 4. The first kappa shape index (κ1) is 22.2. The first-order valence-electron chi connectivity index (χ1n) is 10.8. The molecule has 168 valence electrons. The molecule has 0 radical (unpaired) electrons. The van der Waals surface area contributed by atoms with Crippen molar-refractivity contribution in [2.24, 2.45) is 0 Å². The van der Waals surface area contributed by atoms with E-state index >= 15 is 0 Å². The molecule has 4 rings (SSSR count). The van der Waals surface area contributed by atoms with Crippen molar-refractivity contribution in [3.8, 4) is 5.75 Å². The van der Waals surface area contributed by atoms with Crippen LogP contribution in [0, 0.1) is 0 Å². The fourth-order valence-corrected chi connectivity index (χ4v) is 3.81. The molecule has 0 unspecified atom stereocenters. The van der Waals surface area contributed by atoms with Crippen molar-refractivity contribution >= 4 is 0 Å². The van der Waals surface area contributed by atoms with Gasteiger partial charge in [-0.2, -0.15) is 0 Å². The van der Waals surface area contributed by atoms with Crippen LogP contribution in [0.25, 0.3) is 0 Å². The molecule has 31 heavy (non-hydrogen) atoms. The molecule has 2 aromatic carbocycles. The molecule has 0 bridgehead atoms. The second kappa shape index (κ2) is 10.1. The first-order valence-corrected chi connectivity index (χ1v) is 10.8. The predicted octanol–water partition coefficient (Wildman–Crippen LogP) is 1.35. The Morgan fingerprint density at radius 2 is 1.65 bits per heavy atom. The van der Waals surface area contributed by atoms with E-state index < -0.39 is 37.1 Å². The summed E-state index contributed by atoms with van der Waals surface area (Å²) in [6, 6.07) is 15.5. The number of rotatable bonds is 9. The molecule has 1 saturated heterocycles. The molecule has 0 amide bonds. The quantitative estimate of drug-likeness (QED) is 0.445. The smallest absolute Gasteiger partial charge is 0.119 e. The fourth-order valence-electron chi connectivity index (χ4n) is 3.81. The lowest BCUT2D eigenvalue weighted by atomic mass is 9.90. The SMILES string of the molecule is OC[C@H]1O[C@@H](c2cccc(Cc3ccc(OCCOC4CC4)cc3)c2)[C@H](O)[C@@H](O)[C@@H]1O. The standard InChI is InChI=1S/C24H30O7/c25-14-20-21(26)22(27)23(28)24(31-20)17-3-1-2-16(13-17)12-15-4-6-18(7-5-15)29-10-11-30-19-8-9-19/h1-7,13,19-28H,8-12,14H2/t20-,21-,22+,23-,24+/m1/s1. The summed E-state index contributed by atoms with van der Waals surface area (Å²) in [6.45, 7) is 0.705. The summed E-state index contributed by atoms with van der Waals surface area (Å²) < 4.78 is 16.9. The average molecular weight is 430 g/mol. The summed E-state index contributed by atoms with van der Waals surface area (Å²) >= 11 is 0. The maximum absolute atomic E-state index is 10.4. The minimum atomic E-state index is -1.39. The van der Waals surface area contributed by atoms with E-state index in [2.05, 4.69) is 0 Å². The molecule has 4 N–H and O–H groups in total. The number of aliphatic hydroxyl groups excluding tert-OH is 4. The molecule has 1 aliphatic carbocycles. The van der Waals surface area contributed by atoms with Crippen LogP contribution in [-0.4, -0.2) is 70.8 Å². The van der Waals surface area contributed by atoms with Crippen molar-refractivity contribution in [1.29, 1.82) is 0 Å². The monoisotopic (exact) mass is 430 g/mol. The maximum atomic E-state index is 10.4. The van der Waals surface area contributed by atoms with Crippen molar-refractivity contribution in [1.82, 2.24) is 0 Å². The van der Waals surface area contributed by atoms with Gasteiger partial charge in [-0.15, -0.1) is 0 Å². The van der Waals surface area contributed by atoms with Gasteiger partial charge in [-0.3, -0.25) is 0 Å². The molecule has 1 heterocycles. The largest absolute Gasteiger partial charge is 0.491 e. The molecule has 1 saturated carbocycles. The van der Waals surface area contributed by atoms with Crippen LogP contribution in [0.1, 0.15) is 35.6 Å². The Bertz CT molecular complexity index is 834. The van der Waals surface area contributed by atoms with E-state index in [1.807, 2.05) is 42.5 Å². The molecule has 7 nitrogen and oxygen atoms in total.